The van der Waals surface area contributed by atoms with Crippen LogP contribution in [0.25, 0.3) is 0 Å². The number of Topliss-reactive ketones (excluding diaryl/α,β-unsaturated/α-hetero) is 1. The van der Waals surface area contributed by atoms with Gasteiger partial charge in [0.25, 0.3) is 0 Å². The van der Waals surface area contributed by atoms with Crippen molar-refractivity contribution < 1.29 is 34.8 Å². The van der Waals surface area contributed by atoms with Gasteiger partial charge in [-0.05, 0) is 201 Å². The van der Waals surface area contributed by atoms with Crippen LogP contribution < -0.4 is 0 Å². The van der Waals surface area contributed by atoms with E-state index in [0.29, 0.717) is 42.3 Å². The largest absolute Gasteiger partial charge is 0.481 e. The molecule has 10 aliphatic carbocycles. The van der Waals surface area contributed by atoms with E-state index in [4.69, 9.17) is 0 Å². The highest BCUT2D eigenvalue weighted by Gasteiger charge is 2.74. The Kier molecular flexibility index (Phi) is 11.4. The SMILES string of the molecule is CC1(C)CC[C@]2(C)CC[C@]3(C(=O)O)C(=CC[C@@H]4[C@@]5(C)CCC(=O)C(C)(C)[C@@H]5CC[C@]43C)[C@@H]2C1.CC1(C)CC[C@]2(C)CC[C@]3(C(=O)O)C(=CC[C@@H]4[C@@]5(C)CC[C@@H](O)[C@@](C)(CO)[C@@H]5CC[C@]43C)[C@@H]2C1. The van der Waals surface area contributed by atoms with Gasteiger partial charge in [-0.25, -0.2) is 0 Å². The lowest BCUT2D eigenvalue weighted by atomic mass is 9.33. The van der Waals surface area contributed by atoms with Crippen LogP contribution in [0.15, 0.2) is 23.3 Å². The van der Waals surface area contributed by atoms with Gasteiger partial charge in [0, 0.05) is 17.3 Å². The maximum absolute atomic E-state index is 13.5. The number of fused-ring (bicyclic) bond motifs is 14. The highest BCUT2D eigenvalue weighted by molar-refractivity contribution is 5.86. The molecule has 0 heterocycles. The standard InChI is InChI=1S/C30H48O4.C30H46O3/c1-25(2)13-14-26(3)15-16-30(24(33)34)19(20(26)17-25)7-8-22-27(4)11-10-23(32)28(5,18-31)21(27)9-12-29(22,30)6;1-25(2)14-15-27(5)16-17-30(24(32)33)19(20(27)18-25)8-9-22-28(6)12-11-23(31)26(3,4)21(28)10-13-29(22,30)7/h7,20-23,31-32H,8-18H2,1-6H3,(H,33,34);8,20-22H,9-18H2,1-7H3,(H,32,33)/t20-,21+,22+,23+,26+,27-,28-,29+,30+;20-,21-,22+,27+,28-,29+,30+/m00/s1. The number of aliphatic carboxylic acids is 2. The van der Waals surface area contributed by atoms with E-state index >= 15 is 0 Å². The Morgan fingerprint density at radius 2 is 0.955 bits per heavy atom. The third kappa shape index (κ3) is 6.47. The van der Waals surface area contributed by atoms with Gasteiger partial charge in [-0.15, -0.1) is 0 Å². The van der Waals surface area contributed by atoms with Crippen molar-refractivity contribution in [3.05, 3.63) is 23.3 Å². The molecule has 10 aliphatic rings. The van der Waals surface area contributed by atoms with Crippen molar-refractivity contribution >= 4 is 17.7 Å². The molecule has 10 rings (SSSR count). The fourth-order valence-corrected chi connectivity index (χ4v) is 21.1. The molecule has 0 amide bonds. The Labute approximate surface area is 406 Å². The van der Waals surface area contributed by atoms with Crippen LogP contribution >= 0.6 is 0 Å². The molecule has 0 spiro atoms. The maximum atomic E-state index is 13.5. The second kappa shape index (κ2) is 15.3. The van der Waals surface area contributed by atoms with Crippen LogP contribution in [0.4, 0.5) is 0 Å². The van der Waals surface area contributed by atoms with Crippen LogP contribution in [0.3, 0.4) is 0 Å². The molecule has 16 atom stereocenters. The summed E-state index contributed by atoms with van der Waals surface area (Å²) < 4.78 is 0. The van der Waals surface area contributed by atoms with E-state index in [-0.39, 0.29) is 67.2 Å². The second-order valence-electron chi connectivity index (χ2n) is 29.9. The van der Waals surface area contributed by atoms with E-state index in [9.17, 15) is 34.8 Å². The highest BCUT2D eigenvalue weighted by atomic mass is 16.4. The van der Waals surface area contributed by atoms with Gasteiger partial charge in [0.05, 0.1) is 23.5 Å². The van der Waals surface area contributed by atoms with E-state index in [1.807, 2.05) is 0 Å². The predicted molar refractivity (Wildman–Crippen MR) is 266 cm³/mol. The van der Waals surface area contributed by atoms with Crippen molar-refractivity contribution in [2.45, 2.75) is 225 Å². The number of aliphatic hydroxyl groups is 2. The predicted octanol–water partition coefficient (Wildman–Crippen LogP) is 13.6. The van der Waals surface area contributed by atoms with Crippen LogP contribution in [0, 0.1) is 100 Å². The molecule has 8 fully saturated rings. The Morgan fingerprint density at radius 3 is 1.39 bits per heavy atom. The molecule has 0 bridgehead atoms. The van der Waals surface area contributed by atoms with Gasteiger partial charge >= 0.3 is 11.9 Å². The lowest BCUT2D eigenvalue weighted by Crippen LogP contribution is -2.67. The zero-order valence-corrected chi connectivity index (χ0v) is 44.6. The second-order valence-corrected chi connectivity index (χ2v) is 29.9. The monoisotopic (exact) mass is 927 g/mol. The van der Waals surface area contributed by atoms with Gasteiger partial charge in [0.1, 0.15) is 5.78 Å². The Bertz CT molecular complexity index is 2130. The average Bonchev–Trinajstić information content (AvgIpc) is 3.24. The van der Waals surface area contributed by atoms with Gasteiger partial charge < -0.3 is 20.4 Å². The summed E-state index contributed by atoms with van der Waals surface area (Å²) in [6, 6.07) is 0. The topological polar surface area (TPSA) is 132 Å². The number of aliphatic hydroxyl groups excluding tert-OH is 2. The van der Waals surface area contributed by atoms with Crippen molar-refractivity contribution in [3.63, 3.8) is 0 Å². The van der Waals surface area contributed by atoms with Gasteiger partial charge in [-0.3, -0.25) is 14.4 Å². The van der Waals surface area contributed by atoms with Gasteiger partial charge in [-0.1, -0.05) is 113 Å². The summed E-state index contributed by atoms with van der Waals surface area (Å²) in [5.74, 6) is 1.15. The van der Waals surface area contributed by atoms with Crippen molar-refractivity contribution in [2.75, 3.05) is 6.61 Å². The molecule has 0 saturated heterocycles. The molecule has 8 saturated carbocycles. The normalized spacial score (nSPS) is 52.2. The molecule has 376 valence electrons. The summed E-state index contributed by atoms with van der Waals surface area (Å²) in [5, 5.41) is 43.5. The maximum Gasteiger partial charge on any atom is 0.314 e. The Hall–Kier alpha value is -1.99. The first kappa shape index (κ1) is 50.0. The van der Waals surface area contributed by atoms with E-state index < -0.39 is 34.3 Å². The molecule has 7 nitrogen and oxygen atoms in total. The minimum Gasteiger partial charge on any atom is -0.481 e. The highest BCUT2D eigenvalue weighted by Crippen LogP contribution is 2.78. The molecule has 7 heteroatoms. The van der Waals surface area contributed by atoms with Crippen LogP contribution in [-0.2, 0) is 14.4 Å². The first-order chi connectivity index (χ1) is 30.8. The van der Waals surface area contributed by atoms with Crippen LogP contribution in [0.1, 0.15) is 218 Å². The number of carboxylic acid groups (broad SMARTS) is 2. The number of allylic oxidation sites excluding steroid dienone is 2. The summed E-state index contributed by atoms with van der Waals surface area (Å²) in [4.78, 5) is 39.8. The number of carbonyl (C=O) groups is 3. The van der Waals surface area contributed by atoms with E-state index in [0.717, 1.165) is 89.9 Å². The summed E-state index contributed by atoms with van der Waals surface area (Å²) in [5.41, 5.74) is 0.648. The molecule has 0 aromatic heterocycles. The molecule has 0 aromatic carbocycles. The zero-order chi connectivity index (χ0) is 49.2. The van der Waals surface area contributed by atoms with Crippen molar-refractivity contribution in [2.24, 2.45) is 100 Å². The number of hydrogen-bond acceptors (Lipinski definition) is 5. The molecule has 0 aromatic rings. The summed E-state index contributed by atoms with van der Waals surface area (Å²) in [6.07, 6.45) is 23.9. The van der Waals surface area contributed by atoms with Crippen molar-refractivity contribution in [1.29, 1.82) is 0 Å². The minimum absolute atomic E-state index is 0.00146. The number of rotatable bonds is 3. The van der Waals surface area contributed by atoms with E-state index in [1.54, 1.807) is 0 Å². The molecule has 67 heavy (non-hydrogen) atoms. The van der Waals surface area contributed by atoms with Gasteiger partial charge in [0.2, 0.25) is 0 Å². The molecule has 0 radical (unpaired) electrons. The number of hydrogen-bond donors (Lipinski definition) is 4. The third-order valence-corrected chi connectivity index (χ3v) is 25.6. The first-order valence-corrected chi connectivity index (χ1v) is 27.5. The van der Waals surface area contributed by atoms with Crippen molar-refractivity contribution in [3.8, 4) is 0 Å². The van der Waals surface area contributed by atoms with Crippen molar-refractivity contribution in [1.82, 2.24) is 0 Å². The van der Waals surface area contributed by atoms with E-state index in [2.05, 4.69) is 102 Å². The zero-order valence-electron chi connectivity index (χ0n) is 44.6. The van der Waals surface area contributed by atoms with Gasteiger partial charge in [-0.2, -0.15) is 0 Å². The van der Waals surface area contributed by atoms with Crippen LogP contribution in [0.5, 0.6) is 0 Å². The average molecular weight is 927 g/mol. The summed E-state index contributed by atoms with van der Waals surface area (Å²) in [6.45, 7) is 30.2. The summed E-state index contributed by atoms with van der Waals surface area (Å²) in [7, 11) is 0. The quantitative estimate of drug-likeness (QED) is 0.207. The fourth-order valence-electron chi connectivity index (χ4n) is 21.1. The van der Waals surface area contributed by atoms with Crippen LogP contribution in [0.2, 0.25) is 0 Å². The lowest BCUT2D eigenvalue weighted by Gasteiger charge is -2.70. The van der Waals surface area contributed by atoms with Gasteiger partial charge in [0.15, 0.2) is 0 Å². The lowest BCUT2D eigenvalue weighted by molar-refractivity contribution is -0.222. The third-order valence-electron chi connectivity index (χ3n) is 25.6. The molecule has 0 aliphatic heterocycles. The number of ketones is 1. The molecule has 4 N–H and O–H groups in total. The number of carbonyl (C=O) groups excluding carboxylic acids is 1. The van der Waals surface area contributed by atoms with Crippen LogP contribution in [-0.4, -0.2) is 50.9 Å². The Balaban J connectivity index is 0.000000168. The van der Waals surface area contributed by atoms with E-state index in [1.165, 1.54) is 36.8 Å². The molecular formula is C60H94O7. The molecule has 0 unspecified atom stereocenters. The summed E-state index contributed by atoms with van der Waals surface area (Å²) >= 11 is 0. The Morgan fingerprint density at radius 1 is 0.537 bits per heavy atom. The minimum atomic E-state index is -0.785. The fraction of sp³-hybridized carbons (Fsp3) is 0.883. The first-order valence-electron chi connectivity index (χ1n) is 27.5. The number of carboxylic acids is 2. The smallest absolute Gasteiger partial charge is 0.314 e. The molecular weight excluding hydrogens is 833 g/mol.